The van der Waals surface area contributed by atoms with Crippen molar-refractivity contribution in [2.45, 2.75) is 26.4 Å². The maximum absolute atomic E-state index is 4.28. The monoisotopic (exact) mass is 255 g/mol. The maximum Gasteiger partial charge on any atom is 0.148 e. The van der Waals surface area contributed by atoms with Gasteiger partial charge in [-0.2, -0.15) is 10.2 Å². The van der Waals surface area contributed by atoms with E-state index in [1.54, 1.807) is 4.68 Å². The fourth-order valence-corrected chi connectivity index (χ4v) is 1.45. The predicted molar refractivity (Wildman–Crippen MR) is 70.4 cm³/mol. The third kappa shape index (κ3) is 3.49. The Morgan fingerprint density at radius 2 is 2.18 bits per heavy atom. The summed E-state index contributed by atoms with van der Waals surface area (Å²) in [5.41, 5.74) is 1.17. The van der Waals surface area contributed by atoms with Crippen LogP contribution in [0.2, 0.25) is 0 Å². The van der Waals surface area contributed by atoms with Gasteiger partial charge in [0, 0.05) is 43.7 Å². The Balaban J connectivity index is 0.00000144. The van der Waals surface area contributed by atoms with E-state index in [0.717, 1.165) is 12.4 Å². The largest absolute Gasteiger partial charge is 0.364 e. The molecule has 0 atom stereocenters. The molecule has 5 nitrogen and oxygen atoms in total. The minimum absolute atomic E-state index is 0. The fourth-order valence-electron chi connectivity index (χ4n) is 1.45. The molecule has 0 aliphatic rings. The van der Waals surface area contributed by atoms with E-state index in [0.29, 0.717) is 6.04 Å². The van der Waals surface area contributed by atoms with E-state index in [1.807, 2.05) is 30.2 Å². The van der Waals surface area contributed by atoms with Crippen molar-refractivity contribution in [1.82, 2.24) is 19.6 Å². The van der Waals surface area contributed by atoms with E-state index >= 15 is 0 Å². The summed E-state index contributed by atoms with van der Waals surface area (Å²) in [5, 5.41) is 11.8. The van der Waals surface area contributed by atoms with Gasteiger partial charge in [-0.15, -0.1) is 12.4 Å². The third-order valence-electron chi connectivity index (χ3n) is 2.37. The molecule has 0 radical (unpaired) electrons. The van der Waals surface area contributed by atoms with Crippen LogP contribution in [0.4, 0.5) is 5.82 Å². The van der Waals surface area contributed by atoms with Crippen LogP contribution in [-0.2, 0) is 13.6 Å². The van der Waals surface area contributed by atoms with Crippen LogP contribution in [0, 0.1) is 0 Å². The molecule has 0 bridgehead atoms. The van der Waals surface area contributed by atoms with E-state index in [9.17, 15) is 0 Å². The maximum atomic E-state index is 4.28. The van der Waals surface area contributed by atoms with Gasteiger partial charge >= 0.3 is 0 Å². The van der Waals surface area contributed by atoms with Gasteiger partial charge < -0.3 is 5.32 Å². The first-order valence-electron chi connectivity index (χ1n) is 5.41. The molecule has 17 heavy (non-hydrogen) atoms. The average molecular weight is 256 g/mol. The molecule has 0 aromatic carbocycles. The molecule has 0 fully saturated rings. The molecule has 94 valence electrons. The van der Waals surface area contributed by atoms with Crippen molar-refractivity contribution in [3.05, 3.63) is 30.2 Å². The zero-order valence-electron chi connectivity index (χ0n) is 10.3. The number of halogens is 1. The summed E-state index contributed by atoms with van der Waals surface area (Å²) in [6.07, 6.45) is 5.86. The number of nitrogens with one attached hydrogen (secondary N) is 1. The van der Waals surface area contributed by atoms with Gasteiger partial charge in [-0.05, 0) is 13.8 Å². The molecule has 2 aromatic rings. The van der Waals surface area contributed by atoms with Crippen molar-refractivity contribution in [3.8, 4) is 0 Å². The summed E-state index contributed by atoms with van der Waals surface area (Å²) >= 11 is 0. The van der Waals surface area contributed by atoms with E-state index in [1.165, 1.54) is 5.56 Å². The average Bonchev–Trinajstić information content (AvgIpc) is 2.83. The summed E-state index contributed by atoms with van der Waals surface area (Å²) in [4.78, 5) is 0. The molecular weight excluding hydrogens is 238 g/mol. The van der Waals surface area contributed by atoms with Gasteiger partial charge in [-0.1, -0.05) is 0 Å². The van der Waals surface area contributed by atoms with Crippen LogP contribution in [0.5, 0.6) is 0 Å². The highest BCUT2D eigenvalue weighted by Crippen LogP contribution is 2.08. The Morgan fingerprint density at radius 1 is 1.41 bits per heavy atom. The number of nitrogens with zero attached hydrogens (tertiary/aromatic N) is 4. The van der Waals surface area contributed by atoms with Crippen molar-refractivity contribution in [3.63, 3.8) is 0 Å². The molecular formula is C11H18ClN5. The van der Waals surface area contributed by atoms with Gasteiger partial charge in [-0.25, -0.2) is 0 Å². The van der Waals surface area contributed by atoms with Crippen LogP contribution >= 0.6 is 12.4 Å². The molecule has 0 aliphatic heterocycles. The van der Waals surface area contributed by atoms with Gasteiger partial charge in [0.15, 0.2) is 0 Å². The lowest BCUT2D eigenvalue weighted by molar-refractivity contribution is 0.532. The van der Waals surface area contributed by atoms with Crippen LogP contribution in [0.15, 0.2) is 24.7 Å². The lowest BCUT2D eigenvalue weighted by Gasteiger charge is -2.03. The van der Waals surface area contributed by atoms with Gasteiger partial charge in [0.1, 0.15) is 5.82 Å². The first-order chi connectivity index (χ1) is 7.65. The molecule has 0 amide bonds. The van der Waals surface area contributed by atoms with E-state index in [2.05, 4.69) is 35.6 Å². The van der Waals surface area contributed by atoms with Crippen LogP contribution in [-0.4, -0.2) is 19.6 Å². The molecule has 2 aromatic heterocycles. The molecule has 6 heteroatoms. The SMILES string of the molecule is CC(C)n1cc(CNc2ccn(C)n2)cn1.Cl. The van der Waals surface area contributed by atoms with E-state index < -0.39 is 0 Å². The second kappa shape index (κ2) is 5.72. The van der Waals surface area contributed by atoms with Crippen molar-refractivity contribution < 1.29 is 0 Å². The van der Waals surface area contributed by atoms with Crippen LogP contribution in [0.1, 0.15) is 25.5 Å². The van der Waals surface area contributed by atoms with Gasteiger partial charge in [-0.3, -0.25) is 9.36 Å². The zero-order chi connectivity index (χ0) is 11.5. The highest BCUT2D eigenvalue weighted by Gasteiger charge is 2.02. The number of aryl methyl sites for hydroxylation is 1. The lowest BCUT2D eigenvalue weighted by Crippen LogP contribution is -2.01. The van der Waals surface area contributed by atoms with Crippen molar-refractivity contribution in [1.29, 1.82) is 0 Å². The van der Waals surface area contributed by atoms with Gasteiger partial charge in [0.05, 0.1) is 6.20 Å². The van der Waals surface area contributed by atoms with E-state index in [-0.39, 0.29) is 12.4 Å². The zero-order valence-corrected chi connectivity index (χ0v) is 11.1. The van der Waals surface area contributed by atoms with Gasteiger partial charge in [0.2, 0.25) is 0 Å². The molecule has 0 saturated heterocycles. The highest BCUT2D eigenvalue weighted by molar-refractivity contribution is 5.85. The van der Waals surface area contributed by atoms with E-state index in [4.69, 9.17) is 0 Å². The normalized spacial score (nSPS) is 10.4. The van der Waals surface area contributed by atoms with Gasteiger partial charge in [0.25, 0.3) is 0 Å². The number of hydrogen-bond acceptors (Lipinski definition) is 3. The van der Waals surface area contributed by atoms with Crippen LogP contribution in [0.3, 0.4) is 0 Å². The number of aromatic nitrogens is 4. The first kappa shape index (κ1) is 13.6. The lowest BCUT2D eigenvalue weighted by atomic mass is 10.3. The topological polar surface area (TPSA) is 47.7 Å². The highest BCUT2D eigenvalue weighted by atomic mass is 35.5. The Hall–Kier alpha value is -1.49. The fraction of sp³-hybridized carbons (Fsp3) is 0.455. The summed E-state index contributed by atoms with van der Waals surface area (Å²) in [6, 6.07) is 2.36. The standard InChI is InChI=1S/C11H17N5.ClH/c1-9(2)16-8-10(7-13-16)6-12-11-4-5-15(3)14-11;/h4-5,7-9H,6H2,1-3H3,(H,12,14);1H. The van der Waals surface area contributed by atoms with Crippen LogP contribution in [0.25, 0.3) is 0 Å². The minimum atomic E-state index is 0. The quantitative estimate of drug-likeness (QED) is 0.912. The molecule has 2 rings (SSSR count). The molecule has 0 saturated carbocycles. The molecule has 2 heterocycles. The van der Waals surface area contributed by atoms with Crippen molar-refractivity contribution in [2.75, 3.05) is 5.32 Å². The number of anilines is 1. The summed E-state index contributed by atoms with van der Waals surface area (Å²) in [7, 11) is 1.90. The summed E-state index contributed by atoms with van der Waals surface area (Å²) < 4.78 is 3.73. The first-order valence-corrected chi connectivity index (χ1v) is 5.41. The van der Waals surface area contributed by atoms with Crippen LogP contribution < -0.4 is 5.32 Å². The summed E-state index contributed by atoms with van der Waals surface area (Å²) in [6.45, 7) is 4.98. The molecule has 0 aliphatic carbocycles. The molecule has 0 spiro atoms. The smallest absolute Gasteiger partial charge is 0.148 e. The molecule has 0 unspecified atom stereocenters. The number of rotatable bonds is 4. The van der Waals surface area contributed by atoms with Crippen molar-refractivity contribution >= 4 is 18.2 Å². The second-order valence-electron chi connectivity index (χ2n) is 4.15. The predicted octanol–water partition coefficient (Wildman–Crippen LogP) is 2.23. The third-order valence-corrected chi connectivity index (χ3v) is 2.37. The Kier molecular flexibility index (Phi) is 4.57. The Labute approximate surface area is 107 Å². The second-order valence-corrected chi connectivity index (χ2v) is 4.15. The number of hydrogen-bond donors (Lipinski definition) is 1. The summed E-state index contributed by atoms with van der Waals surface area (Å²) in [5.74, 6) is 0.889. The minimum Gasteiger partial charge on any atom is -0.364 e. The Bertz CT molecular complexity index is 460. The molecule has 1 N–H and O–H groups in total. The Morgan fingerprint density at radius 3 is 2.71 bits per heavy atom. The van der Waals surface area contributed by atoms with Crippen molar-refractivity contribution in [2.24, 2.45) is 7.05 Å².